The first-order valence-corrected chi connectivity index (χ1v) is 8.66. The van der Waals surface area contributed by atoms with Crippen molar-refractivity contribution in [3.8, 4) is 0 Å². The third kappa shape index (κ3) is 3.01. The number of nitrogens with one attached hydrogen (secondary N) is 1. The van der Waals surface area contributed by atoms with Crippen molar-refractivity contribution in [3.05, 3.63) is 42.2 Å². The van der Waals surface area contributed by atoms with Gasteiger partial charge in [-0.15, -0.1) is 0 Å². The molecule has 0 aromatic carbocycles. The lowest BCUT2D eigenvalue weighted by Crippen LogP contribution is -2.46. The Morgan fingerprint density at radius 1 is 1.08 bits per heavy atom. The summed E-state index contributed by atoms with van der Waals surface area (Å²) >= 11 is 0. The van der Waals surface area contributed by atoms with Crippen molar-refractivity contribution in [2.75, 3.05) is 31.1 Å². The fourth-order valence-corrected chi connectivity index (χ4v) is 3.34. The highest BCUT2D eigenvalue weighted by atomic mass is 16.3. The lowest BCUT2D eigenvalue weighted by Gasteiger charge is -2.35. The van der Waals surface area contributed by atoms with E-state index >= 15 is 0 Å². The molecular weight excluding hydrogens is 302 g/mol. The highest BCUT2D eigenvalue weighted by molar-refractivity contribution is 5.87. The van der Waals surface area contributed by atoms with E-state index in [9.17, 15) is 0 Å². The van der Waals surface area contributed by atoms with Crippen LogP contribution in [0.4, 0.5) is 5.82 Å². The van der Waals surface area contributed by atoms with Gasteiger partial charge in [0.25, 0.3) is 0 Å². The van der Waals surface area contributed by atoms with E-state index in [-0.39, 0.29) is 0 Å². The van der Waals surface area contributed by atoms with E-state index in [0.29, 0.717) is 0 Å². The predicted molar refractivity (Wildman–Crippen MR) is 94.1 cm³/mol. The van der Waals surface area contributed by atoms with Crippen LogP contribution in [0.15, 0.2) is 35.1 Å². The van der Waals surface area contributed by atoms with Gasteiger partial charge in [-0.3, -0.25) is 4.90 Å². The summed E-state index contributed by atoms with van der Waals surface area (Å²) in [4.78, 5) is 16.7. The minimum absolute atomic E-state index is 0.890. The normalized spacial score (nSPS) is 16.1. The number of rotatable bonds is 5. The Kier molecular flexibility index (Phi) is 4.21. The molecule has 0 radical (unpaired) electrons. The van der Waals surface area contributed by atoms with Crippen LogP contribution < -0.4 is 4.90 Å². The maximum atomic E-state index is 5.91. The maximum Gasteiger partial charge on any atom is 0.142 e. The highest BCUT2D eigenvalue weighted by Crippen LogP contribution is 2.23. The molecule has 4 rings (SSSR count). The molecule has 0 unspecified atom stereocenters. The molecule has 3 aromatic heterocycles. The molecule has 0 spiro atoms. The van der Waals surface area contributed by atoms with Gasteiger partial charge in [-0.25, -0.2) is 9.97 Å². The summed E-state index contributed by atoms with van der Waals surface area (Å²) in [5, 5.41) is 1.10. The van der Waals surface area contributed by atoms with Gasteiger partial charge in [0.05, 0.1) is 11.9 Å². The fraction of sp³-hybridized carbons (Fsp3) is 0.444. The Morgan fingerprint density at radius 2 is 1.92 bits per heavy atom. The number of aryl methyl sites for hydroxylation is 1. The van der Waals surface area contributed by atoms with Crippen molar-refractivity contribution in [1.82, 2.24) is 19.9 Å². The smallest absolute Gasteiger partial charge is 0.142 e. The van der Waals surface area contributed by atoms with Gasteiger partial charge in [0.1, 0.15) is 29.3 Å². The van der Waals surface area contributed by atoms with Gasteiger partial charge in [-0.1, -0.05) is 6.92 Å². The molecule has 0 saturated carbocycles. The van der Waals surface area contributed by atoms with Crippen molar-refractivity contribution in [2.45, 2.75) is 26.3 Å². The Morgan fingerprint density at radius 3 is 2.75 bits per heavy atom. The van der Waals surface area contributed by atoms with Crippen LogP contribution in [0.3, 0.4) is 0 Å². The summed E-state index contributed by atoms with van der Waals surface area (Å²) in [5.74, 6) is 3.20. The van der Waals surface area contributed by atoms with E-state index < -0.39 is 0 Å². The molecule has 0 atom stereocenters. The zero-order valence-electron chi connectivity index (χ0n) is 14.0. The second kappa shape index (κ2) is 6.65. The quantitative estimate of drug-likeness (QED) is 0.781. The molecule has 0 amide bonds. The number of hydrogen-bond acceptors (Lipinski definition) is 5. The van der Waals surface area contributed by atoms with Gasteiger partial charge in [-0.2, -0.15) is 0 Å². The molecule has 1 aliphatic heterocycles. The Balaban J connectivity index is 1.38. The summed E-state index contributed by atoms with van der Waals surface area (Å²) in [6, 6.07) is 6.28. The first kappa shape index (κ1) is 15.2. The van der Waals surface area contributed by atoms with Gasteiger partial charge in [0.2, 0.25) is 0 Å². The molecule has 1 saturated heterocycles. The summed E-state index contributed by atoms with van der Waals surface area (Å²) in [6.45, 7) is 7.04. The molecule has 1 aliphatic rings. The molecule has 3 aromatic rings. The maximum absolute atomic E-state index is 5.91. The average molecular weight is 325 g/mol. The third-order valence-corrected chi connectivity index (χ3v) is 4.60. The fourth-order valence-electron chi connectivity index (χ4n) is 3.34. The molecule has 1 fully saturated rings. The first-order valence-electron chi connectivity index (χ1n) is 8.66. The number of aromatic amines is 1. The van der Waals surface area contributed by atoms with E-state index in [4.69, 9.17) is 4.42 Å². The van der Waals surface area contributed by atoms with Crippen LogP contribution in [-0.4, -0.2) is 46.0 Å². The molecule has 126 valence electrons. The zero-order valence-corrected chi connectivity index (χ0v) is 14.0. The van der Waals surface area contributed by atoms with Gasteiger partial charge in [-0.05, 0) is 24.6 Å². The molecule has 4 heterocycles. The van der Waals surface area contributed by atoms with Crippen LogP contribution >= 0.6 is 0 Å². The Bertz CT molecular complexity index is 800. The zero-order chi connectivity index (χ0) is 16.4. The van der Waals surface area contributed by atoms with Crippen molar-refractivity contribution < 1.29 is 4.42 Å². The van der Waals surface area contributed by atoms with Gasteiger partial charge >= 0.3 is 0 Å². The van der Waals surface area contributed by atoms with Crippen molar-refractivity contribution >= 4 is 16.9 Å². The number of H-pyrrole nitrogens is 1. The lowest BCUT2D eigenvalue weighted by atomic mass is 10.2. The topological polar surface area (TPSA) is 61.2 Å². The predicted octanol–water partition coefficient (Wildman–Crippen LogP) is 2.83. The highest BCUT2D eigenvalue weighted by Gasteiger charge is 2.21. The number of aromatic nitrogens is 3. The van der Waals surface area contributed by atoms with Crippen molar-refractivity contribution in [3.63, 3.8) is 0 Å². The molecule has 6 heteroatoms. The Hall–Kier alpha value is -2.34. The summed E-state index contributed by atoms with van der Waals surface area (Å²) < 4.78 is 5.91. The van der Waals surface area contributed by atoms with Crippen LogP contribution in [0.25, 0.3) is 11.0 Å². The minimum Gasteiger partial charge on any atom is -0.465 e. The van der Waals surface area contributed by atoms with E-state index in [1.54, 1.807) is 6.33 Å². The third-order valence-electron chi connectivity index (χ3n) is 4.60. The van der Waals surface area contributed by atoms with Crippen LogP contribution in [0, 0.1) is 0 Å². The second-order valence-corrected chi connectivity index (χ2v) is 6.32. The molecule has 0 bridgehead atoms. The molecule has 0 aliphatic carbocycles. The van der Waals surface area contributed by atoms with E-state index in [2.05, 4.69) is 49.9 Å². The Labute approximate surface area is 141 Å². The van der Waals surface area contributed by atoms with E-state index in [1.165, 1.54) is 0 Å². The van der Waals surface area contributed by atoms with Crippen LogP contribution in [0.2, 0.25) is 0 Å². The van der Waals surface area contributed by atoms with Crippen LogP contribution in [0.5, 0.6) is 0 Å². The van der Waals surface area contributed by atoms with E-state index in [1.807, 2.05) is 6.20 Å². The molecule has 1 N–H and O–H groups in total. The average Bonchev–Trinajstić information content (AvgIpc) is 3.25. The summed E-state index contributed by atoms with van der Waals surface area (Å²) in [5.41, 5.74) is 0.904. The molecule has 6 nitrogen and oxygen atoms in total. The largest absolute Gasteiger partial charge is 0.465 e. The number of furan rings is 1. The molecular formula is C18H23N5O. The van der Waals surface area contributed by atoms with Gasteiger partial charge in [0, 0.05) is 38.8 Å². The SMILES string of the molecule is CCCc1ccc(CN2CCN(c3ncnc4[nH]ccc34)CC2)o1. The summed E-state index contributed by atoms with van der Waals surface area (Å²) in [6.07, 6.45) is 5.70. The van der Waals surface area contributed by atoms with Gasteiger partial charge in [0.15, 0.2) is 0 Å². The van der Waals surface area contributed by atoms with E-state index in [0.717, 1.165) is 73.9 Å². The van der Waals surface area contributed by atoms with Crippen LogP contribution in [0.1, 0.15) is 24.9 Å². The van der Waals surface area contributed by atoms with Crippen molar-refractivity contribution in [2.24, 2.45) is 0 Å². The monoisotopic (exact) mass is 325 g/mol. The van der Waals surface area contributed by atoms with Crippen LogP contribution in [-0.2, 0) is 13.0 Å². The number of nitrogens with zero attached hydrogens (tertiary/aromatic N) is 4. The first-order chi connectivity index (χ1) is 11.8. The number of fused-ring (bicyclic) bond motifs is 1. The number of anilines is 1. The minimum atomic E-state index is 0.890. The number of piperazine rings is 1. The van der Waals surface area contributed by atoms with Crippen molar-refractivity contribution in [1.29, 1.82) is 0 Å². The number of hydrogen-bond donors (Lipinski definition) is 1. The second-order valence-electron chi connectivity index (χ2n) is 6.32. The standard InChI is InChI=1S/C18H23N5O/c1-2-3-14-4-5-15(24-14)12-22-8-10-23(11-9-22)18-16-6-7-19-17(16)20-13-21-18/h4-7,13H,2-3,8-12H2,1H3,(H,19,20,21). The lowest BCUT2D eigenvalue weighted by molar-refractivity contribution is 0.228. The molecule has 24 heavy (non-hydrogen) atoms. The van der Waals surface area contributed by atoms with Gasteiger partial charge < -0.3 is 14.3 Å². The summed E-state index contributed by atoms with van der Waals surface area (Å²) in [7, 11) is 0.